The van der Waals surface area contributed by atoms with E-state index in [-0.39, 0.29) is 23.1 Å². The number of rotatable bonds is 6. The Bertz CT molecular complexity index is 1300. The van der Waals surface area contributed by atoms with Gasteiger partial charge in [-0.3, -0.25) is 4.79 Å². The van der Waals surface area contributed by atoms with Gasteiger partial charge in [-0.25, -0.2) is 4.98 Å². The first-order valence-corrected chi connectivity index (χ1v) is 11.9. The summed E-state index contributed by atoms with van der Waals surface area (Å²) in [5.41, 5.74) is 4.72. The molecule has 34 heavy (non-hydrogen) atoms. The molecule has 0 saturated carbocycles. The first kappa shape index (κ1) is 22.3. The number of hydroxylamine groups is 3. The number of aromatic nitrogens is 1. The van der Waals surface area contributed by atoms with Gasteiger partial charge in [0.05, 0.1) is 35.9 Å². The van der Waals surface area contributed by atoms with Crippen LogP contribution in [-0.4, -0.2) is 28.6 Å². The lowest BCUT2D eigenvalue weighted by Gasteiger charge is -2.39. The molecule has 0 aliphatic carbocycles. The lowest BCUT2D eigenvalue weighted by atomic mass is 9.95. The van der Waals surface area contributed by atoms with E-state index in [1.165, 1.54) is 0 Å². The quantitative estimate of drug-likeness (QED) is 0.289. The van der Waals surface area contributed by atoms with Gasteiger partial charge in [0.2, 0.25) is 0 Å². The van der Waals surface area contributed by atoms with Crippen molar-refractivity contribution in [3.8, 4) is 11.3 Å². The van der Waals surface area contributed by atoms with Gasteiger partial charge in [-0.2, -0.15) is 0 Å². The molecule has 1 atom stereocenters. The van der Waals surface area contributed by atoms with Crippen LogP contribution in [0.4, 0.5) is 0 Å². The van der Waals surface area contributed by atoms with Crippen molar-refractivity contribution >= 4 is 16.8 Å². The Balaban J connectivity index is 1.68. The van der Waals surface area contributed by atoms with E-state index in [1.54, 1.807) is 0 Å². The Hall–Kier alpha value is -3.54. The third kappa shape index (κ3) is 4.45. The fourth-order valence-corrected chi connectivity index (χ4v) is 4.95. The summed E-state index contributed by atoms with van der Waals surface area (Å²) < 4.78 is -0.311. The average Bonchev–Trinajstić information content (AvgIpc) is 3.30. The molecular formula is C29H29N3O2. The topological polar surface area (TPSA) is 65.0 Å². The van der Waals surface area contributed by atoms with Crippen molar-refractivity contribution in [2.45, 2.75) is 32.4 Å². The molecule has 5 heteroatoms. The van der Waals surface area contributed by atoms with E-state index in [4.69, 9.17) is 4.98 Å². The van der Waals surface area contributed by atoms with Crippen molar-refractivity contribution in [1.29, 1.82) is 0 Å². The number of quaternary nitrogens is 1. The number of likely N-dealkylation sites (tertiary alicyclic amines) is 1. The molecule has 1 saturated heterocycles. The number of para-hydroxylation sites is 1. The molecule has 2 heterocycles. The van der Waals surface area contributed by atoms with E-state index < -0.39 is 0 Å². The molecule has 1 aliphatic rings. The first-order chi connectivity index (χ1) is 16.5. The van der Waals surface area contributed by atoms with Crippen molar-refractivity contribution in [3.05, 3.63) is 107 Å². The molecule has 0 spiro atoms. The van der Waals surface area contributed by atoms with Crippen LogP contribution in [0.1, 0.15) is 47.3 Å². The summed E-state index contributed by atoms with van der Waals surface area (Å²) in [5, 5.41) is 17.6. The molecule has 1 fully saturated rings. The molecule has 3 aromatic carbocycles. The minimum absolute atomic E-state index is 0.171. The molecular weight excluding hydrogens is 422 g/mol. The SMILES string of the molecule is CC(NC(=O)c1c(C[N+]2([O-])CCCC2)c(-c2ccccc2)nc2ccccc12)c1ccccc1. The highest BCUT2D eigenvalue weighted by atomic mass is 16.5. The Morgan fingerprint density at radius 1 is 0.941 bits per heavy atom. The predicted octanol–water partition coefficient (Wildman–Crippen LogP) is 6.00. The number of benzene rings is 3. The second kappa shape index (κ2) is 9.37. The fourth-order valence-electron chi connectivity index (χ4n) is 4.95. The van der Waals surface area contributed by atoms with E-state index >= 15 is 0 Å². The van der Waals surface area contributed by atoms with Gasteiger partial charge in [0, 0.05) is 29.4 Å². The normalized spacial score (nSPS) is 15.8. The zero-order chi connectivity index (χ0) is 23.5. The number of hydrogen-bond acceptors (Lipinski definition) is 3. The molecule has 0 radical (unpaired) electrons. The standard InChI is InChI=1S/C29H29N3O2/c1-21(22-12-4-2-5-13-22)30-29(33)27-24-16-8-9-17-26(24)31-28(23-14-6-3-7-15-23)25(27)20-32(34)18-10-11-19-32/h2-9,12-17,21H,10-11,18-20H2,1H3,(H,30,33). The molecule has 4 aromatic rings. The van der Waals surface area contributed by atoms with Crippen LogP contribution in [0.5, 0.6) is 0 Å². The molecule has 1 unspecified atom stereocenters. The number of amides is 1. The van der Waals surface area contributed by atoms with Crippen LogP contribution in [0.3, 0.4) is 0 Å². The third-order valence-electron chi connectivity index (χ3n) is 6.74. The molecule has 172 valence electrons. The minimum atomic E-state index is -0.311. The highest BCUT2D eigenvalue weighted by Crippen LogP contribution is 2.34. The summed E-state index contributed by atoms with van der Waals surface area (Å²) in [7, 11) is 0. The number of nitrogens with one attached hydrogen (secondary N) is 1. The number of nitrogens with zero attached hydrogens (tertiary/aromatic N) is 2. The summed E-state index contributed by atoms with van der Waals surface area (Å²) in [4.78, 5) is 18.8. The average molecular weight is 452 g/mol. The van der Waals surface area contributed by atoms with Gasteiger partial charge in [-0.1, -0.05) is 78.9 Å². The van der Waals surface area contributed by atoms with E-state index in [0.717, 1.165) is 46.1 Å². The van der Waals surface area contributed by atoms with Crippen molar-refractivity contribution in [2.75, 3.05) is 13.1 Å². The second-order valence-corrected chi connectivity index (χ2v) is 9.17. The maximum Gasteiger partial charge on any atom is 0.253 e. The number of pyridine rings is 1. The smallest absolute Gasteiger partial charge is 0.253 e. The van der Waals surface area contributed by atoms with Crippen LogP contribution in [0.25, 0.3) is 22.2 Å². The Labute approximate surface area is 200 Å². The lowest BCUT2D eigenvalue weighted by Crippen LogP contribution is -2.39. The third-order valence-corrected chi connectivity index (χ3v) is 6.74. The molecule has 5 nitrogen and oxygen atoms in total. The van der Waals surface area contributed by atoms with Crippen molar-refractivity contribution < 1.29 is 9.44 Å². The largest absolute Gasteiger partial charge is 0.633 e. The van der Waals surface area contributed by atoms with Crippen LogP contribution >= 0.6 is 0 Å². The van der Waals surface area contributed by atoms with Crippen molar-refractivity contribution in [3.63, 3.8) is 0 Å². The van der Waals surface area contributed by atoms with Crippen molar-refractivity contribution in [2.24, 2.45) is 0 Å². The number of fused-ring (bicyclic) bond motifs is 1. The summed E-state index contributed by atoms with van der Waals surface area (Å²) in [5.74, 6) is -0.173. The maximum absolute atomic E-state index is 13.9. The maximum atomic E-state index is 13.9. The Morgan fingerprint density at radius 2 is 1.56 bits per heavy atom. The highest BCUT2D eigenvalue weighted by molar-refractivity contribution is 6.09. The lowest BCUT2D eigenvalue weighted by molar-refractivity contribution is -0.881. The minimum Gasteiger partial charge on any atom is -0.633 e. The summed E-state index contributed by atoms with van der Waals surface area (Å²) in [6.07, 6.45) is 1.83. The van der Waals surface area contributed by atoms with Crippen LogP contribution < -0.4 is 5.32 Å². The van der Waals surface area contributed by atoms with Gasteiger partial charge in [0.1, 0.15) is 6.54 Å². The van der Waals surface area contributed by atoms with Gasteiger partial charge in [0.15, 0.2) is 0 Å². The zero-order valence-corrected chi connectivity index (χ0v) is 19.4. The predicted molar refractivity (Wildman–Crippen MR) is 136 cm³/mol. The zero-order valence-electron chi connectivity index (χ0n) is 19.4. The van der Waals surface area contributed by atoms with Crippen molar-refractivity contribution in [1.82, 2.24) is 10.3 Å². The van der Waals surface area contributed by atoms with Gasteiger partial charge in [0.25, 0.3) is 5.91 Å². The van der Waals surface area contributed by atoms with Crippen LogP contribution in [-0.2, 0) is 6.54 Å². The van der Waals surface area contributed by atoms with E-state index in [1.807, 2.05) is 91.9 Å². The molecule has 1 aliphatic heterocycles. The Morgan fingerprint density at radius 3 is 2.26 bits per heavy atom. The number of carbonyl (C=O) groups excluding carboxylic acids is 1. The van der Waals surface area contributed by atoms with E-state index in [0.29, 0.717) is 18.7 Å². The van der Waals surface area contributed by atoms with Gasteiger partial charge in [-0.05, 0) is 18.6 Å². The second-order valence-electron chi connectivity index (χ2n) is 9.17. The van der Waals surface area contributed by atoms with Crippen LogP contribution in [0, 0.1) is 5.21 Å². The van der Waals surface area contributed by atoms with E-state index in [9.17, 15) is 10.0 Å². The molecule has 1 N–H and O–H groups in total. The van der Waals surface area contributed by atoms with E-state index in [2.05, 4.69) is 5.32 Å². The molecule has 1 aromatic heterocycles. The summed E-state index contributed by atoms with van der Waals surface area (Å²) >= 11 is 0. The molecule has 5 rings (SSSR count). The van der Waals surface area contributed by atoms with Gasteiger partial charge in [-0.15, -0.1) is 0 Å². The van der Waals surface area contributed by atoms with Crippen LogP contribution in [0.15, 0.2) is 84.9 Å². The Kier molecular flexibility index (Phi) is 6.14. The number of hydrogen-bond donors (Lipinski definition) is 1. The molecule has 0 bridgehead atoms. The number of carbonyl (C=O) groups is 1. The van der Waals surface area contributed by atoms with Gasteiger partial charge < -0.3 is 15.2 Å². The summed E-state index contributed by atoms with van der Waals surface area (Å²) in [6, 6.07) is 27.3. The van der Waals surface area contributed by atoms with Crippen LogP contribution in [0.2, 0.25) is 0 Å². The first-order valence-electron chi connectivity index (χ1n) is 11.9. The monoisotopic (exact) mass is 451 g/mol. The summed E-state index contributed by atoms with van der Waals surface area (Å²) in [6.45, 7) is 3.37. The molecule has 1 amide bonds. The highest BCUT2D eigenvalue weighted by Gasteiger charge is 2.30. The van der Waals surface area contributed by atoms with Gasteiger partial charge >= 0.3 is 0 Å². The fraction of sp³-hybridized carbons (Fsp3) is 0.241.